The van der Waals surface area contributed by atoms with E-state index in [0.29, 0.717) is 22.4 Å². The van der Waals surface area contributed by atoms with Gasteiger partial charge in [-0.05, 0) is 25.0 Å². The summed E-state index contributed by atoms with van der Waals surface area (Å²) in [4.78, 5) is 13.1. The molecule has 0 bridgehead atoms. The van der Waals surface area contributed by atoms with Crippen molar-refractivity contribution in [3.63, 3.8) is 0 Å². The third-order valence-electron chi connectivity index (χ3n) is 3.27. The van der Waals surface area contributed by atoms with Crippen LogP contribution in [0.3, 0.4) is 0 Å². The van der Waals surface area contributed by atoms with Crippen molar-refractivity contribution in [1.29, 1.82) is 0 Å². The maximum atomic E-state index is 5.98. The Balaban J connectivity index is 1.89. The minimum absolute atomic E-state index is 0.577. The lowest BCUT2D eigenvalue weighted by molar-refractivity contribution is 0.982. The summed E-state index contributed by atoms with van der Waals surface area (Å²) in [5.74, 6) is 1.24. The quantitative estimate of drug-likeness (QED) is 0.778. The molecule has 1 aliphatic carbocycles. The first-order chi connectivity index (χ1) is 9.31. The Kier molecular flexibility index (Phi) is 2.29. The fraction of sp³-hybridized carbons (Fsp3) is 0.231. The number of aromatic amines is 1. The zero-order valence-corrected chi connectivity index (χ0v) is 10.7. The van der Waals surface area contributed by atoms with E-state index in [4.69, 9.17) is 11.6 Å². The Hall–Kier alpha value is -2.01. The lowest BCUT2D eigenvalue weighted by atomic mass is 10.2. The highest BCUT2D eigenvalue weighted by Crippen LogP contribution is 2.39. The molecule has 0 aromatic carbocycles. The number of fused-ring (bicyclic) bond motifs is 1. The lowest BCUT2D eigenvalue weighted by Gasteiger charge is -2.00. The van der Waals surface area contributed by atoms with E-state index in [9.17, 15) is 0 Å². The molecule has 1 fully saturated rings. The summed E-state index contributed by atoms with van der Waals surface area (Å²) in [6.07, 6.45) is 5.80. The van der Waals surface area contributed by atoms with Gasteiger partial charge in [0.25, 0.3) is 0 Å². The molecule has 0 unspecified atom stereocenters. The van der Waals surface area contributed by atoms with Crippen LogP contribution in [0, 0.1) is 0 Å². The molecule has 0 amide bonds. The van der Waals surface area contributed by atoms with E-state index in [2.05, 4.69) is 25.1 Å². The third-order valence-corrected chi connectivity index (χ3v) is 3.48. The Labute approximate surface area is 114 Å². The van der Waals surface area contributed by atoms with Gasteiger partial charge in [0.05, 0.1) is 10.4 Å². The highest BCUT2D eigenvalue weighted by atomic mass is 35.5. The highest BCUT2D eigenvalue weighted by Gasteiger charge is 2.25. The molecule has 0 aliphatic heterocycles. The normalized spacial score (nSPS) is 15.0. The van der Waals surface area contributed by atoms with Gasteiger partial charge in [-0.3, -0.25) is 5.10 Å². The van der Waals surface area contributed by atoms with Gasteiger partial charge in [-0.1, -0.05) is 11.6 Å². The second-order valence-corrected chi connectivity index (χ2v) is 5.14. The van der Waals surface area contributed by atoms with Crippen molar-refractivity contribution in [3.05, 3.63) is 35.2 Å². The van der Waals surface area contributed by atoms with E-state index in [1.165, 1.54) is 12.8 Å². The number of aromatic nitrogens is 5. The monoisotopic (exact) mass is 271 g/mol. The molecule has 0 spiro atoms. The minimum Gasteiger partial charge on any atom is -0.272 e. The zero-order chi connectivity index (χ0) is 12.8. The molecule has 19 heavy (non-hydrogen) atoms. The van der Waals surface area contributed by atoms with E-state index in [0.717, 1.165) is 16.8 Å². The van der Waals surface area contributed by atoms with Crippen molar-refractivity contribution in [2.75, 3.05) is 0 Å². The Morgan fingerprint density at radius 2 is 2.16 bits per heavy atom. The van der Waals surface area contributed by atoms with E-state index in [1.54, 1.807) is 12.4 Å². The molecule has 5 nitrogen and oxygen atoms in total. The van der Waals surface area contributed by atoms with Gasteiger partial charge < -0.3 is 0 Å². The first-order valence-electron chi connectivity index (χ1n) is 6.14. The summed E-state index contributed by atoms with van der Waals surface area (Å²) in [5.41, 5.74) is 2.50. The second-order valence-electron chi connectivity index (χ2n) is 4.70. The number of hydrogen-bond acceptors (Lipinski definition) is 4. The van der Waals surface area contributed by atoms with Crippen molar-refractivity contribution in [2.24, 2.45) is 0 Å². The van der Waals surface area contributed by atoms with Gasteiger partial charge in [-0.25, -0.2) is 15.0 Å². The summed E-state index contributed by atoms with van der Waals surface area (Å²) in [6, 6.07) is 3.81. The molecule has 94 valence electrons. The third kappa shape index (κ3) is 1.86. The molecule has 1 N–H and O–H groups in total. The van der Waals surface area contributed by atoms with Gasteiger partial charge in [0.15, 0.2) is 11.5 Å². The molecular formula is C13H10ClN5. The van der Waals surface area contributed by atoms with Crippen LogP contribution < -0.4 is 0 Å². The van der Waals surface area contributed by atoms with Crippen LogP contribution in [0.25, 0.3) is 22.6 Å². The summed E-state index contributed by atoms with van der Waals surface area (Å²) < 4.78 is 0. The standard InChI is InChI=1S/C13H10ClN5/c14-8-5-9-11(18-19-12(9)16-6-8)13-15-4-3-10(17-13)7-1-2-7/h3-7H,1-2H2,(H,16,18,19). The maximum absolute atomic E-state index is 5.98. The van der Waals surface area contributed by atoms with Crippen LogP contribution in [-0.4, -0.2) is 25.1 Å². The zero-order valence-electron chi connectivity index (χ0n) is 9.97. The first kappa shape index (κ1) is 10.9. The van der Waals surface area contributed by atoms with Crippen molar-refractivity contribution < 1.29 is 0 Å². The van der Waals surface area contributed by atoms with E-state index in [-0.39, 0.29) is 0 Å². The van der Waals surface area contributed by atoms with Gasteiger partial charge in [0.1, 0.15) is 5.69 Å². The van der Waals surface area contributed by atoms with Crippen molar-refractivity contribution in [2.45, 2.75) is 18.8 Å². The largest absolute Gasteiger partial charge is 0.272 e. The molecule has 1 saturated carbocycles. The van der Waals surface area contributed by atoms with Crippen molar-refractivity contribution >= 4 is 22.6 Å². The number of halogens is 1. The number of H-pyrrole nitrogens is 1. The number of nitrogens with zero attached hydrogens (tertiary/aromatic N) is 4. The summed E-state index contributed by atoms with van der Waals surface area (Å²) >= 11 is 5.98. The topological polar surface area (TPSA) is 67.3 Å². The van der Waals surface area contributed by atoms with Crippen LogP contribution >= 0.6 is 11.6 Å². The second kappa shape index (κ2) is 3.99. The predicted molar refractivity (Wildman–Crippen MR) is 71.9 cm³/mol. The maximum Gasteiger partial charge on any atom is 0.181 e. The molecule has 0 saturated heterocycles. The van der Waals surface area contributed by atoms with Gasteiger partial charge in [-0.15, -0.1) is 0 Å². The minimum atomic E-state index is 0.577. The van der Waals surface area contributed by atoms with E-state index in [1.807, 2.05) is 12.1 Å². The highest BCUT2D eigenvalue weighted by molar-refractivity contribution is 6.31. The molecule has 0 radical (unpaired) electrons. The van der Waals surface area contributed by atoms with E-state index < -0.39 is 0 Å². The van der Waals surface area contributed by atoms with E-state index >= 15 is 0 Å². The number of hydrogen-bond donors (Lipinski definition) is 1. The van der Waals surface area contributed by atoms with Gasteiger partial charge in [0.2, 0.25) is 0 Å². The molecule has 3 heterocycles. The molecule has 3 aromatic rings. The van der Waals surface area contributed by atoms with Crippen LogP contribution in [0.15, 0.2) is 24.5 Å². The molecule has 3 aromatic heterocycles. The Morgan fingerprint density at radius 3 is 3.00 bits per heavy atom. The van der Waals surface area contributed by atoms with Crippen LogP contribution in [0.5, 0.6) is 0 Å². The van der Waals surface area contributed by atoms with Gasteiger partial charge in [0, 0.05) is 24.0 Å². The van der Waals surface area contributed by atoms with Gasteiger partial charge >= 0.3 is 0 Å². The Bertz CT molecular complexity index is 763. The van der Waals surface area contributed by atoms with Crippen molar-refractivity contribution in [3.8, 4) is 11.5 Å². The summed E-state index contributed by atoms with van der Waals surface area (Å²) in [7, 11) is 0. The summed E-state index contributed by atoms with van der Waals surface area (Å²) in [5, 5.41) is 8.52. The number of nitrogens with one attached hydrogen (secondary N) is 1. The smallest absolute Gasteiger partial charge is 0.181 e. The molecular weight excluding hydrogens is 262 g/mol. The van der Waals surface area contributed by atoms with Crippen LogP contribution in [0.2, 0.25) is 5.02 Å². The fourth-order valence-corrected chi connectivity index (χ4v) is 2.30. The molecule has 0 atom stereocenters. The van der Waals surface area contributed by atoms with Gasteiger partial charge in [-0.2, -0.15) is 5.10 Å². The fourth-order valence-electron chi connectivity index (χ4n) is 2.14. The molecule has 4 rings (SSSR count). The first-order valence-corrected chi connectivity index (χ1v) is 6.52. The average Bonchev–Trinajstić information content (AvgIpc) is 3.20. The average molecular weight is 272 g/mol. The number of rotatable bonds is 2. The summed E-state index contributed by atoms with van der Waals surface area (Å²) in [6.45, 7) is 0. The Morgan fingerprint density at radius 1 is 1.26 bits per heavy atom. The van der Waals surface area contributed by atoms with Crippen LogP contribution in [0.1, 0.15) is 24.5 Å². The lowest BCUT2D eigenvalue weighted by Crippen LogP contribution is -1.94. The van der Waals surface area contributed by atoms with Crippen LogP contribution in [0.4, 0.5) is 0 Å². The predicted octanol–water partition coefficient (Wildman–Crippen LogP) is 2.95. The van der Waals surface area contributed by atoms with Crippen LogP contribution in [-0.2, 0) is 0 Å². The molecule has 6 heteroatoms. The van der Waals surface area contributed by atoms with Crippen molar-refractivity contribution in [1.82, 2.24) is 25.1 Å². The molecule has 1 aliphatic rings. The number of pyridine rings is 1. The SMILES string of the molecule is Clc1cnc2n[nH]c(-c3nccc(C4CC4)n3)c2c1.